The minimum absolute atomic E-state index is 0.157. The average Bonchev–Trinajstić information content (AvgIpc) is 3.19. The van der Waals surface area contributed by atoms with Crippen LogP contribution in [-0.2, 0) is 17.8 Å². The smallest absolute Gasteiger partial charge is 0.231 e. The molecule has 0 fully saturated rings. The van der Waals surface area contributed by atoms with Gasteiger partial charge in [-0.1, -0.05) is 38.1 Å². The van der Waals surface area contributed by atoms with Crippen molar-refractivity contribution in [2.45, 2.75) is 33.2 Å². The number of pyridine rings is 1. The number of nitrogens with zero attached hydrogens (tertiary/aromatic N) is 2. The molecule has 1 aromatic heterocycles. The van der Waals surface area contributed by atoms with E-state index in [1.54, 1.807) is 0 Å². The number of ether oxygens (including phenoxy) is 2. The Labute approximate surface area is 171 Å². The number of aryl methyl sites for hydroxylation is 1. The second kappa shape index (κ2) is 8.52. The summed E-state index contributed by atoms with van der Waals surface area (Å²) in [4.78, 5) is 19.5. The van der Waals surface area contributed by atoms with Crippen molar-refractivity contribution in [3.63, 3.8) is 0 Å². The van der Waals surface area contributed by atoms with Crippen molar-refractivity contribution in [3.8, 4) is 11.5 Å². The highest BCUT2D eigenvalue weighted by atomic mass is 16.7. The van der Waals surface area contributed by atoms with E-state index in [1.165, 1.54) is 0 Å². The van der Waals surface area contributed by atoms with Crippen molar-refractivity contribution >= 4 is 16.8 Å². The SMILES string of the molecule is CC(C)CN(Cc1cnc2ccccc2c1)C(=O)CCc1ccc2c(c1)OCO2. The lowest BCUT2D eigenvalue weighted by molar-refractivity contribution is -0.132. The molecule has 2 heterocycles. The van der Waals surface area contributed by atoms with E-state index in [9.17, 15) is 4.79 Å². The Bertz CT molecular complexity index is 1020. The number of carbonyl (C=O) groups is 1. The molecule has 0 atom stereocenters. The number of hydrogen-bond donors (Lipinski definition) is 0. The lowest BCUT2D eigenvalue weighted by Gasteiger charge is -2.25. The molecule has 4 rings (SSSR count). The zero-order chi connectivity index (χ0) is 20.2. The molecule has 0 saturated carbocycles. The summed E-state index contributed by atoms with van der Waals surface area (Å²) < 4.78 is 10.8. The van der Waals surface area contributed by atoms with Crippen LogP contribution in [0.4, 0.5) is 0 Å². The maximum atomic E-state index is 13.0. The summed E-state index contributed by atoms with van der Waals surface area (Å²) in [5.41, 5.74) is 3.11. The molecule has 5 nitrogen and oxygen atoms in total. The fourth-order valence-corrected chi connectivity index (χ4v) is 3.62. The second-order valence-corrected chi connectivity index (χ2v) is 7.89. The van der Waals surface area contributed by atoms with Gasteiger partial charge in [-0.05, 0) is 47.7 Å². The number of aromatic nitrogens is 1. The molecule has 1 aliphatic heterocycles. The molecular formula is C24H26N2O3. The van der Waals surface area contributed by atoms with Crippen LogP contribution in [0.2, 0.25) is 0 Å². The number of rotatable bonds is 7. The molecule has 0 N–H and O–H groups in total. The molecule has 150 valence electrons. The molecule has 0 aliphatic carbocycles. The molecule has 1 aliphatic rings. The fraction of sp³-hybridized carbons (Fsp3) is 0.333. The zero-order valence-corrected chi connectivity index (χ0v) is 16.9. The van der Waals surface area contributed by atoms with E-state index in [0.29, 0.717) is 25.3 Å². The Morgan fingerprint density at radius 3 is 2.76 bits per heavy atom. The second-order valence-electron chi connectivity index (χ2n) is 7.89. The van der Waals surface area contributed by atoms with E-state index in [-0.39, 0.29) is 12.7 Å². The van der Waals surface area contributed by atoms with Gasteiger partial charge in [-0.25, -0.2) is 0 Å². The fourth-order valence-electron chi connectivity index (χ4n) is 3.62. The van der Waals surface area contributed by atoms with E-state index in [1.807, 2.05) is 47.5 Å². The summed E-state index contributed by atoms with van der Waals surface area (Å²) in [5.74, 6) is 2.09. The maximum absolute atomic E-state index is 13.0. The molecular weight excluding hydrogens is 364 g/mol. The zero-order valence-electron chi connectivity index (χ0n) is 16.9. The van der Waals surface area contributed by atoms with Crippen molar-refractivity contribution in [1.29, 1.82) is 0 Å². The lowest BCUT2D eigenvalue weighted by atomic mass is 10.1. The van der Waals surface area contributed by atoms with Crippen LogP contribution in [0.25, 0.3) is 10.9 Å². The van der Waals surface area contributed by atoms with Crippen LogP contribution in [0, 0.1) is 5.92 Å². The summed E-state index contributed by atoms with van der Waals surface area (Å²) in [6.07, 6.45) is 3.02. The third kappa shape index (κ3) is 4.67. The first kappa shape index (κ1) is 19.2. The molecule has 1 amide bonds. The monoisotopic (exact) mass is 390 g/mol. The normalized spacial score (nSPS) is 12.5. The summed E-state index contributed by atoms with van der Waals surface area (Å²) in [5, 5.41) is 1.10. The van der Waals surface area contributed by atoms with Gasteiger partial charge in [-0.3, -0.25) is 9.78 Å². The van der Waals surface area contributed by atoms with Gasteiger partial charge in [0, 0.05) is 31.1 Å². The third-order valence-electron chi connectivity index (χ3n) is 5.02. The van der Waals surface area contributed by atoms with E-state index in [2.05, 4.69) is 31.0 Å². The average molecular weight is 390 g/mol. The highest BCUT2D eigenvalue weighted by Crippen LogP contribution is 2.32. The lowest BCUT2D eigenvalue weighted by Crippen LogP contribution is -2.34. The first-order valence-electron chi connectivity index (χ1n) is 10.1. The quantitative estimate of drug-likeness (QED) is 0.592. The maximum Gasteiger partial charge on any atom is 0.231 e. The van der Waals surface area contributed by atoms with Crippen molar-refractivity contribution in [1.82, 2.24) is 9.88 Å². The molecule has 0 saturated heterocycles. The Morgan fingerprint density at radius 1 is 1.07 bits per heavy atom. The van der Waals surface area contributed by atoms with Gasteiger partial charge in [-0.15, -0.1) is 0 Å². The van der Waals surface area contributed by atoms with Gasteiger partial charge in [0.2, 0.25) is 12.7 Å². The van der Waals surface area contributed by atoms with Crippen LogP contribution in [0.1, 0.15) is 31.4 Å². The first-order valence-corrected chi connectivity index (χ1v) is 10.1. The highest BCUT2D eigenvalue weighted by Gasteiger charge is 2.18. The highest BCUT2D eigenvalue weighted by molar-refractivity contribution is 5.79. The Morgan fingerprint density at radius 2 is 1.90 bits per heavy atom. The molecule has 0 radical (unpaired) electrons. The molecule has 3 aromatic rings. The van der Waals surface area contributed by atoms with E-state index in [0.717, 1.165) is 40.1 Å². The molecule has 2 aromatic carbocycles. The molecule has 5 heteroatoms. The van der Waals surface area contributed by atoms with Crippen LogP contribution >= 0.6 is 0 Å². The third-order valence-corrected chi connectivity index (χ3v) is 5.02. The first-order chi connectivity index (χ1) is 14.1. The van der Waals surface area contributed by atoms with E-state index >= 15 is 0 Å². The number of benzene rings is 2. The largest absolute Gasteiger partial charge is 0.454 e. The van der Waals surface area contributed by atoms with Gasteiger partial charge >= 0.3 is 0 Å². The Hall–Kier alpha value is -3.08. The minimum atomic E-state index is 0.157. The predicted octanol–water partition coefficient (Wildman–Crippen LogP) is 4.58. The van der Waals surface area contributed by atoms with E-state index in [4.69, 9.17) is 9.47 Å². The molecule has 0 unspecified atom stereocenters. The summed E-state index contributed by atoms with van der Waals surface area (Å²) in [6, 6.07) is 16.1. The standard InChI is InChI=1S/C24H26N2O3/c1-17(2)14-26(15-19-11-20-5-3-4-6-21(20)25-13-19)24(27)10-8-18-7-9-22-23(12-18)29-16-28-22/h3-7,9,11-13,17H,8,10,14-16H2,1-2H3. The number of amides is 1. The molecule has 29 heavy (non-hydrogen) atoms. The van der Waals surface area contributed by atoms with Gasteiger partial charge in [0.15, 0.2) is 11.5 Å². The molecule has 0 bridgehead atoms. The number of para-hydroxylation sites is 1. The number of hydrogen-bond acceptors (Lipinski definition) is 4. The van der Waals surface area contributed by atoms with Crippen molar-refractivity contribution < 1.29 is 14.3 Å². The van der Waals surface area contributed by atoms with E-state index < -0.39 is 0 Å². The van der Waals surface area contributed by atoms with Crippen LogP contribution in [0.15, 0.2) is 54.7 Å². The summed E-state index contributed by atoms with van der Waals surface area (Å²) >= 11 is 0. The van der Waals surface area contributed by atoms with Crippen LogP contribution in [-0.4, -0.2) is 29.1 Å². The summed E-state index contributed by atoms with van der Waals surface area (Å²) in [6.45, 7) is 5.84. The van der Waals surface area contributed by atoms with Gasteiger partial charge < -0.3 is 14.4 Å². The number of carbonyl (C=O) groups excluding carboxylic acids is 1. The Balaban J connectivity index is 1.44. The summed E-state index contributed by atoms with van der Waals surface area (Å²) in [7, 11) is 0. The number of fused-ring (bicyclic) bond motifs is 2. The van der Waals surface area contributed by atoms with Crippen molar-refractivity contribution in [2.75, 3.05) is 13.3 Å². The molecule has 0 spiro atoms. The van der Waals surface area contributed by atoms with Crippen LogP contribution in [0.5, 0.6) is 11.5 Å². The Kier molecular flexibility index (Phi) is 5.65. The predicted molar refractivity (Wildman–Crippen MR) is 113 cm³/mol. The van der Waals surface area contributed by atoms with Gasteiger partial charge in [0.05, 0.1) is 5.52 Å². The van der Waals surface area contributed by atoms with Gasteiger partial charge in [-0.2, -0.15) is 0 Å². The van der Waals surface area contributed by atoms with Gasteiger partial charge in [0.1, 0.15) is 0 Å². The van der Waals surface area contributed by atoms with Gasteiger partial charge in [0.25, 0.3) is 0 Å². The minimum Gasteiger partial charge on any atom is -0.454 e. The van der Waals surface area contributed by atoms with Crippen molar-refractivity contribution in [2.24, 2.45) is 5.92 Å². The topological polar surface area (TPSA) is 51.7 Å². The van der Waals surface area contributed by atoms with Crippen LogP contribution < -0.4 is 9.47 Å². The van der Waals surface area contributed by atoms with Crippen LogP contribution in [0.3, 0.4) is 0 Å². The van der Waals surface area contributed by atoms with Crippen molar-refractivity contribution in [3.05, 3.63) is 65.9 Å².